The van der Waals surface area contributed by atoms with Gasteiger partial charge < -0.3 is 15.0 Å². The summed E-state index contributed by atoms with van der Waals surface area (Å²) < 4.78 is 5.31. The van der Waals surface area contributed by atoms with Crippen molar-refractivity contribution >= 4 is 5.91 Å². The monoisotopic (exact) mass is 243 g/mol. The van der Waals surface area contributed by atoms with Crippen molar-refractivity contribution < 1.29 is 14.4 Å². The minimum Gasteiger partial charge on any atom is -0.370 e. The molecule has 1 rings (SSSR count). The van der Waals surface area contributed by atoms with Gasteiger partial charge in [0.05, 0.1) is 19.8 Å². The second kappa shape index (κ2) is 8.48. The molecular formula is C13H27N2O2+. The molecule has 0 bridgehead atoms. The number of nitrogens with one attached hydrogen (secondary N) is 2. The van der Waals surface area contributed by atoms with E-state index in [0.717, 1.165) is 58.7 Å². The zero-order valence-corrected chi connectivity index (χ0v) is 11.3. The largest absolute Gasteiger partial charge is 0.370 e. The summed E-state index contributed by atoms with van der Waals surface area (Å²) in [5.74, 6) is 0.428. The molecule has 2 N–H and O–H groups in total. The van der Waals surface area contributed by atoms with Crippen molar-refractivity contribution in [3.63, 3.8) is 0 Å². The van der Waals surface area contributed by atoms with E-state index in [0.29, 0.717) is 0 Å². The normalized spacial score (nSPS) is 17.4. The summed E-state index contributed by atoms with van der Waals surface area (Å²) in [5.41, 5.74) is 0. The quantitative estimate of drug-likeness (QED) is 0.610. The number of amides is 1. The molecule has 0 spiro atoms. The Morgan fingerprint density at radius 2 is 1.94 bits per heavy atom. The molecule has 1 saturated heterocycles. The van der Waals surface area contributed by atoms with E-state index in [1.165, 1.54) is 0 Å². The van der Waals surface area contributed by atoms with Crippen molar-refractivity contribution in [2.45, 2.75) is 33.1 Å². The highest BCUT2D eigenvalue weighted by atomic mass is 16.5. The highest BCUT2D eigenvalue weighted by Crippen LogP contribution is 2.06. The highest BCUT2D eigenvalue weighted by molar-refractivity contribution is 5.78. The molecule has 1 aliphatic rings. The van der Waals surface area contributed by atoms with E-state index in [1.807, 2.05) is 0 Å². The van der Waals surface area contributed by atoms with E-state index in [2.05, 4.69) is 19.2 Å². The zero-order chi connectivity index (χ0) is 12.5. The van der Waals surface area contributed by atoms with Gasteiger partial charge in [-0.15, -0.1) is 0 Å². The summed E-state index contributed by atoms with van der Waals surface area (Å²) in [6.07, 6.45) is 2.95. The van der Waals surface area contributed by atoms with Gasteiger partial charge in [-0.05, 0) is 12.8 Å². The smallest absolute Gasteiger partial charge is 0.223 e. The van der Waals surface area contributed by atoms with Crippen LogP contribution in [-0.2, 0) is 9.53 Å². The maximum atomic E-state index is 11.7. The maximum Gasteiger partial charge on any atom is 0.223 e. The number of morpholine rings is 1. The fraction of sp³-hybridized carbons (Fsp3) is 0.923. The van der Waals surface area contributed by atoms with E-state index in [9.17, 15) is 4.79 Å². The van der Waals surface area contributed by atoms with Gasteiger partial charge in [0.1, 0.15) is 13.1 Å². The molecule has 0 aromatic rings. The molecule has 1 amide bonds. The number of hydrogen-bond acceptors (Lipinski definition) is 2. The van der Waals surface area contributed by atoms with Gasteiger partial charge in [-0.3, -0.25) is 4.79 Å². The van der Waals surface area contributed by atoms with Gasteiger partial charge in [0.25, 0.3) is 0 Å². The first kappa shape index (κ1) is 14.5. The third-order valence-corrected chi connectivity index (χ3v) is 3.56. The summed E-state index contributed by atoms with van der Waals surface area (Å²) in [4.78, 5) is 13.3. The van der Waals surface area contributed by atoms with Gasteiger partial charge in [0.2, 0.25) is 5.91 Å². The minimum atomic E-state index is 0.200. The average molecular weight is 243 g/mol. The molecule has 0 radical (unpaired) electrons. The second-order valence-corrected chi connectivity index (χ2v) is 4.77. The van der Waals surface area contributed by atoms with Crippen LogP contribution in [0.4, 0.5) is 0 Å². The standard InChI is InChI=1S/C13H26N2O2/c1-3-12(4-2)13(16)14-6-5-7-15-8-10-17-11-9-15/h12H,3-11H2,1-2H3,(H,14,16)/p+1. The number of quaternary nitrogens is 1. The molecule has 4 nitrogen and oxygen atoms in total. The lowest BCUT2D eigenvalue weighted by Gasteiger charge is -2.23. The van der Waals surface area contributed by atoms with Crippen LogP contribution in [0.5, 0.6) is 0 Å². The van der Waals surface area contributed by atoms with Gasteiger partial charge in [0, 0.05) is 18.9 Å². The average Bonchev–Trinajstić information content (AvgIpc) is 2.37. The lowest BCUT2D eigenvalue weighted by atomic mass is 10.0. The van der Waals surface area contributed by atoms with Gasteiger partial charge in [-0.1, -0.05) is 13.8 Å². The van der Waals surface area contributed by atoms with Gasteiger partial charge in [-0.2, -0.15) is 0 Å². The lowest BCUT2D eigenvalue weighted by Crippen LogP contribution is -3.14. The Bertz CT molecular complexity index is 211. The van der Waals surface area contributed by atoms with E-state index in [4.69, 9.17) is 4.74 Å². The number of rotatable bonds is 7. The first-order valence-electron chi connectivity index (χ1n) is 6.97. The van der Waals surface area contributed by atoms with E-state index < -0.39 is 0 Å². The topological polar surface area (TPSA) is 42.8 Å². The molecule has 0 saturated carbocycles. The van der Waals surface area contributed by atoms with Crippen molar-refractivity contribution in [1.29, 1.82) is 0 Å². The fourth-order valence-electron chi connectivity index (χ4n) is 2.26. The molecule has 0 atom stereocenters. The van der Waals surface area contributed by atoms with Crippen LogP contribution in [0.15, 0.2) is 0 Å². The molecule has 0 aromatic carbocycles. The third kappa shape index (κ3) is 5.50. The van der Waals surface area contributed by atoms with Crippen molar-refractivity contribution in [3.05, 3.63) is 0 Å². The zero-order valence-electron chi connectivity index (χ0n) is 11.3. The van der Waals surface area contributed by atoms with Gasteiger partial charge in [-0.25, -0.2) is 0 Å². The Hall–Kier alpha value is -0.610. The van der Waals surface area contributed by atoms with Crippen molar-refractivity contribution in [2.75, 3.05) is 39.4 Å². The first-order valence-corrected chi connectivity index (χ1v) is 6.97. The molecule has 0 unspecified atom stereocenters. The maximum absolute atomic E-state index is 11.7. The molecular weight excluding hydrogens is 216 g/mol. The minimum absolute atomic E-state index is 0.200. The van der Waals surface area contributed by atoms with Crippen LogP contribution < -0.4 is 10.2 Å². The Balaban J connectivity index is 2.04. The third-order valence-electron chi connectivity index (χ3n) is 3.56. The van der Waals surface area contributed by atoms with Crippen LogP contribution in [-0.4, -0.2) is 45.3 Å². The molecule has 0 aromatic heterocycles. The van der Waals surface area contributed by atoms with Gasteiger partial charge in [0.15, 0.2) is 0 Å². The van der Waals surface area contributed by atoms with Crippen LogP contribution in [0.25, 0.3) is 0 Å². The highest BCUT2D eigenvalue weighted by Gasteiger charge is 2.15. The summed E-state index contributed by atoms with van der Waals surface area (Å²) in [5, 5.41) is 3.04. The lowest BCUT2D eigenvalue weighted by molar-refractivity contribution is -0.908. The SMILES string of the molecule is CCC(CC)C(=O)NCCC[NH+]1CCOCC1. The van der Waals surface area contributed by atoms with Crippen LogP contribution >= 0.6 is 0 Å². The van der Waals surface area contributed by atoms with E-state index in [-0.39, 0.29) is 11.8 Å². The van der Waals surface area contributed by atoms with Gasteiger partial charge >= 0.3 is 0 Å². The Labute approximate surface area is 105 Å². The number of carbonyl (C=O) groups excluding carboxylic acids is 1. The van der Waals surface area contributed by atoms with Crippen LogP contribution in [0.1, 0.15) is 33.1 Å². The Morgan fingerprint density at radius 1 is 1.29 bits per heavy atom. The number of carbonyl (C=O) groups is 1. The van der Waals surface area contributed by atoms with Crippen LogP contribution in [0.2, 0.25) is 0 Å². The molecule has 0 aliphatic carbocycles. The fourth-order valence-corrected chi connectivity index (χ4v) is 2.26. The molecule has 4 heteroatoms. The summed E-state index contributed by atoms with van der Waals surface area (Å²) in [6.45, 7) is 10.1. The predicted octanol–water partition coefficient (Wildman–Crippen LogP) is -0.156. The molecule has 100 valence electrons. The Morgan fingerprint density at radius 3 is 2.53 bits per heavy atom. The number of hydrogen-bond donors (Lipinski definition) is 2. The van der Waals surface area contributed by atoms with Crippen molar-refractivity contribution in [1.82, 2.24) is 5.32 Å². The van der Waals surface area contributed by atoms with Crippen molar-refractivity contribution in [2.24, 2.45) is 5.92 Å². The van der Waals surface area contributed by atoms with E-state index in [1.54, 1.807) is 4.90 Å². The summed E-state index contributed by atoms with van der Waals surface area (Å²) in [7, 11) is 0. The predicted molar refractivity (Wildman–Crippen MR) is 68.1 cm³/mol. The summed E-state index contributed by atoms with van der Waals surface area (Å²) in [6, 6.07) is 0. The number of ether oxygens (including phenoxy) is 1. The van der Waals surface area contributed by atoms with E-state index >= 15 is 0 Å². The Kier molecular flexibility index (Phi) is 7.21. The molecule has 1 aliphatic heterocycles. The van der Waals surface area contributed by atoms with Crippen molar-refractivity contribution in [3.8, 4) is 0 Å². The molecule has 1 fully saturated rings. The first-order chi connectivity index (χ1) is 8.27. The van der Waals surface area contributed by atoms with Crippen LogP contribution in [0, 0.1) is 5.92 Å². The summed E-state index contributed by atoms with van der Waals surface area (Å²) >= 11 is 0. The molecule has 17 heavy (non-hydrogen) atoms. The molecule has 1 heterocycles. The van der Waals surface area contributed by atoms with Crippen LogP contribution in [0.3, 0.4) is 0 Å². The second-order valence-electron chi connectivity index (χ2n) is 4.77.